The van der Waals surface area contributed by atoms with Gasteiger partial charge < -0.3 is 4.74 Å². The lowest BCUT2D eigenvalue weighted by molar-refractivity contribution is -0.153. The normalized spacial score (nSPS) is 11.5. The third-order valence-electron chi connectivity index (χ3n) is 1.14. The molecule has 0 aliphatic rings. The number of rotatable bonds is 2. The van der Waals surface area contributed by atoms with Gasteiger partial charge in [-0.25, -0.2) is 4.98 Å². The molecule has 2 nitrogen and oxygen atoms in total. The van der Waals surface area contributed by atoms with Crippen molar-refractivity contribution in [1.82, 2.24) is 4.98 Å². The number of halogens is 5. The zero-order valence-corrected chi connectivity index (χ0v) is 9.78. The maximum Gasteiger partial charge on any atom is 0.422 e. The first-order chi connectivity index (χ1) is 6.37. The summed E-state index contributed by atoms with van der Waals surface area (Å²) in [5.74, 6) is 0.107. The number of aromatic nitrogens is 1. The Labute approximate surface area is 94.7 Å². The molecule has 7 heteroatoms. The van der Waals surface area contributed by atoms with Crippen LogP contribution in [-0.2, 0) is 0 Å². The summed E-state index contributed by atoms with van der Waals surface area (Å²) in [4.78, 5) is 3.85. The molecule has 0 aliphatic carbocycles. The summed E-state index contributed by atoms with van der Waals surface area (Å²) < 4.78 is 40.7. The van der Waals surface area contributed by atoms with Crippen molar-refractivity contribution in [3.63, 3.8) is 0 Å². The van der Waals surface area contributed by atoms with E-state index in [0.717, 1.165) is 0 Å². The van der Waals surface area contributed by atoms with Gasteiger partial charge in [-0.05, 0) is 31.9 Å². The van der Waals surface area contributed by atoms with Gasteiger partial charge in [-0.1, -0.05) is 0 Å². The standard InChI is InChI=1S/C7H4Br2F3NO/c8-5-1-4(2-6(9)13-5)14-3-7(10,11)12/h1-2H,3H2. The van der Waals surface area contributed by atoms with Crippen molar-refractivity contribution in [2.24, 2.45) is 0 Å². The lowest BCUT2D eigenvalue weighted by Gasteiger charge is -2.09. The molecule has 1 aromatic rings. The minimum absolute atomic E-state index is 0.107. The summed E-state index contributed by atoms with van der Waals surface area (Å²) in [5, 5.41) is 0. The maximum absolute atomic E-state index is 11.8. The highest BCUT2D eigenvalue weighted by molar-refractivity contribution is 9.11. The van der Waals surface area contributed by atoms with Crippen molar-refractivity contribution in [3.8, 4) is 5.75 Å². The molecule has 0 aromatic carbocycles. The Morgan fingerprint density at radius 2 is 1.71 bits per heavy atom. The Balaban J connectivity index is 2.68. The van der Waals surface area contributed by atoms with E-state index in [1.54, 1.807) is 0 Å². The molecule has 0 saturated carbocycles. The third-order valence-corrected chi connectivity index (χ3v) is 1.95. The predicted octanol–water partition coefficient (Wildman–Crippen LogP) is 3.55. The second-order valence-corrected chi connectivity index (χ2v) is 3.98. The average molecular weight is 335 g/mol. The summed E-state index contributed by atoms with van der Waals surface area (Å²) in [7, 11) is 0. The van der Waals surface area contributed by atoms with Gasteiger partial charge in [0.25, 0.3) is 0 Å². The number of hydrogen-bond acceptors (Lipinski definition) is 2. The van der Waals surface area contributed by atoms with E-state index >= 15 is 0 Å². The number of alkyl halides is 3. The number of nitrogens with zero attached hydrogens (tertiary/aromatic N) is 1. The van der Waals surface area contributed by atoms with Crippen LogP contribution in [0.2, 0.25) is 0 Å². The highest BCUT2D eigenvalue weighted by Gasteiger charge is 2.28. The Bertz CT molecular complexity index is 309. The van der Waals surface area contributed by atoms with Crippen LogP contribution < -0.4 is 4.74 Å². The van der Waals surface area contributed by atoms with Gasteiger partial charge in [-0.2, -0.15) is 13.2 Å². The van der Waals surface area contributed by atoms with Gasteiger partial charge in [-0.15, -0.1) is 0 Å². The van der Waals surface area contributed by atoms with E-state index in [2.05, 4.69) is 41.6 Å². The van der Waals surface area contributed by atoms with E-state index in [0.29, 0.717) is 9.21 Å². The topological polar surface area (TPSA) is 22.1 Å². The van der Waals surface area contributed by atoms with Crippen molar-refractivity contribution in [2.75, 3.05) is 6.61 Å². The van der Waals surface area contributed by atoms with Gasteiger partial charge >= 0.3 is 6.18 Å². The lowest BCUT2D eigenvalue weighted by atomic mass is 10.4. The third kappa shape index (κ3) is 4.28. The maximum atomic E-state index is 11.8. The highest BCUT2D eigenvalue weighted by Crippen LogP contribution is 2.23. The molecule has 0 unspecified atom stereocenters. The Hall–Kier alpha value is -0.300. The molecule has 1 rings (SSSR count). The van der Waals surface area contributed by atoms with Gasteiger partial charge in [0, 0.05) is 12.1 Å². The van der Waals surface area contributed by atoms with Crippen LogP contribution in [0.15, 0.2) is 21.3 Å². The minimum atomic E-state index is -4.33. The predicted molar refractivity (Wildman–Crippen MR) is 51.2 cm³/mol. The van der Waals surface area contributed by atoms with Crippen LogP contribution >= 0.6 is 31.9 Å². The minimum Gasteiger partial charge on any atom is -0.484 e. The molecule has 14 heavy (non-hydrogen) atoms. The van der Waals surface area contributed by atoms with Crippen molar-refractivity contribution >= 4 is 31.9 Å². The zero-order valence-electron chi connectivity index (χ0n) is 6.61. The van der Waals surface area contributed by atoms with E-state index in [-0.39, 0.29) is 5.75 Å². The number of pyridine rings is 1. The SMILES string of the molecule is FC(F)(F)COc1cc(Br)nc(Br)c1. The van der Waals surface area contributed by atoms with Crippen LogP contribution in [0.4, 0.5) is 13.2 Å². The van der Waals surface area contributed by atoms with Crippen LogP contribution in [0.3, 0.4) is 0 Å². The highest BCUT2D eigenvalue weighted by atomic mass is 79.9. The van der Waals surface area contributed by atoms with Gasteiger partial charge in [0.2, 0.25) is 0 Å². The molecule has 0 atom stereocenters. The Morgan fingerprint density at radius 1 is 1.21 bits per heavy atom. The smallest absolute Gasteiger partial charge is 0.422 e. The lowest BCUT2D eigenvalue weighted by Crippen LogP contribution is -2.19. The molecule has 0 amide bonds. The van der Waals surface area contributed by atoms with E-state index in [9.17, 15) is 13.2 Å². The second kappa shape index (κ2) is 4.48. The molecule has 78 valence electrons. The first kappa shape index (κ1) is 11.8. The molecular weight excluding hydrogens is 331 g/mol. The zero-order chi connectivity index (χ0) is 10.8. The molecule has 0 aliphatic heterocycles. The molecule has 0 radical (unpaired) electrons. The van der Waals surface area contributed by atoms with Crippen LogP contribution in [0, 0.1) is 0 Å². The molecule has 0 fully saturated rings. The summed E-state index contributed by atoms with van der Waals surface area (Å²) >= 11 is 6.06. The molecule has 0 bridgehead atoms. The van der Waals surface area contributed by atoms with Crippen molar-refractivity contribution in [2.45, 2.75) is 6.18 Å². The molecule has 1 heterocycles. The summed E-state index contributed by atoms with van der Waals surface area (Å²) in [5.41, 5.74) is 0. The van der Waals surface area contributed by atoms with Gasteiger partial charge in [0.1, 0.15) is 15.0 Å². The first-order valence-electron chi connectivity index (χ1n) is 3.39. The molecule has 0 saturated heterocycles. The van der Waals surface area contributed by atoms with E-state index in [1.165, 1.54) is 12.1 Å². The van der Waals surface area contributed by atoms with Gasteiger partial charge in [0.05, 0.1) is 0 Å². The van der Waals surface area contributed by atoms with Crippen molar-refractivity contribution in [1.29, 1.82) is 0 Å². The van der Waals surface area contributed by atoms with E-state index < -0.39 is 12.8 Å². The molecule has 0 N–H and O–H groups in total. The largest absolute Gasteiger partial charge is 0.484 e. The fraction of sp³-hybridized carbons (Fsp3) is 0.286. The van der Waals surface area contributed by atoms with Crippen LogP contribution in [0.1, 0.15) is 0 Å². The van der Waals surface area contributed by atoms with Gasteiger partial charge in [0.15, 0.2) is 6.61 Å². The fourth-order valence-electron chi connectivity index (χ4n) is 0.692. The van der Waals surface area contributed by atoms with Crippen LogP contribution in [0.5, 0.6) is 5.75 Å². The monoisotopic (exact) mass is 333 g/mol. The van der Waals surface area contributed by atoms with E-state index in [1.807, 2.05) is 0 Å². The summed E-state index contributed by atoms with van der Waals surface area (Å²) in [6.45, 7) is -1.31. The second-order valence-electron chi connectivity index (χ2n) is 2.35. The first-order valence-corrected chi connectivity index (χ1v) is 4.98. The van der Waals surface area contributed by atoms with Gasteiger partial charge in [-0.3, -0.25) is 0 Å². The quantitative estimate of drug-likeness (QED) is 0.772. The van der Waals surface area contributed by atoms with Crippen molar-refractivity contribution in [3.05, 3.63) is 21.3 Å². The van der Waals surface area contributed by atoms with Crippen LogP contribution in [-0.4, -0.2) is 17.8 Å². The number of ether oxygens (including phenoxy) is 1. The van der Waals surface area contributed by atoms with Crippen molar-refractivity contribution < 1.29 is 17.9 Å². The molecule has 0 spiro atoms. The molecular formula is C7H4Br2F3NO. The fourth-order valence-corrected chi connectivity index (χ4v) is 1.76. The molecule has 1 aromatic heterocycles. The summed E-state index contributed by atoms with van der Waals surface area (Å²) in [6, 6.07) is 2.72. The Kier molecular flexibility index (Phi) is 3.77. The van der Waals surface area contributed by atoms with Crippen LogP contribution in [0.25, 0.3) is 0 Å². The number of hydrogen-bond donors (Lipinski definition) is 0. The summed E-state index contributed by atoms with van der Waals surface area (Å²) in [6.07, 6.45) is -4.33. The Morgan fingerprint density at radius 3 is 2.14 bits per heavy atom. The average Bonchev–Trinajstić information content (AvgIpc) is 1.97. The van der Waals surface area contributed by atoms with E-state index in [4.69, 9.17) is 0 Å².